The van der Waals surface area contributed by atoms with E-state index in [0.717, 1.165) is 5.76 Å². The molecule has 2 aromatic heterocycles. The minimum absolute atomic E-state index is 0.0267. The van der Waals surface area contributed by atoms with Crippen molar-refractivity contribution in [1.29, 1.82) is 0 Å². The van der Waals surface area contributed by atoms with Crippen molar-refractivity contribution in [3.8, 4) is 5.75 Å². The second kappa shape index (κ2) is 9.51. The molecule has 0 saturated carbocycles. The Hall–Kier alpha value is -2.66. The number of nitrogens with zero attached hydrogens (tertiary/aromatic N) is 2. The number of amides is 1. The van der Waals surface area contributed by atoms with Gasteiger partial charge >= 0.3 is 6.61 Å². The molecule has 11 heteroatoms. The van der Waals surface area contributed by atoms with E-state index in [1.165, 1.54) is 47.4 Å². The SMILES string of the molecule is C[C@@H](Sc1nnc(NCc2ccco2)s1)C(=O)Nc1ccc(OC(F)F)cc1. The van der Waals surface area contributed by atoms with Crippen LogP contribution >= 0.6 is 23.1 Å². The Morgan fingerprint density at radius 3 is 2.75 bits per heavy atom. The molecule has 0 aliphatic carbocycles. The van der Waals surface area contributed by atoms with Crippen LogP contribution in [0.15, 0.2) is 51.4 Å². The number of furan rings is 1. The number of nitrogens with one attached hydrogen (secondary N) is 2. The summed E-state index contributed by atoms with van der Waals surface area (Å²) < 4.78 is 34.4. The molecule has 7 nitrogen and oxygen atoms in total. The van der Waals surface area contributed by atoms with Gasteiger partial charge in [0.15, 0.2) is 4.34 Å². The number of carbonyl (C=O) groups excluding carboxylic acids is 1. The summed E-state index contributed by atoms with van der Waals surface area (Å²) in [5.74, 6) is 0.564. The van der Waals surface area contributed by atoms with Crippen LogP contribution in [0.2, 0.25) is 0 Å². The molecule has 0 fully saturated rings. The van der Waals surface area contributed by atoms with Crippen LogP contribution in [-0.2, 0) is 11.3 Å². The number of hydrogen-bond donors (Lipinski definition) is 2. The van der Waals surface area contributed by atoms with Gasteiger partial charge in [-0.05, 0) is 43.3 Å². The second-order valence-electron chi connectivity index (χ2n) is 5.46. The van der Waals surface area contributed by atoms with E-state index in [9.17, 15) is 13.6 Å². The van der Waals surface area contributed by atoms with E-state index in [0.29, 0.717) is 21.7 Å². The van der Waals surface area contributed by atoms with Crippen molar-refractivity contribution in [1.82, 2.24) is 10.2 Å². The molecule has 0 aliphatic rings. The fourth-order valence-electron chi connectivity index (χ4n) is 2.07. The number of aromatic nitrogens is 2. The number of rotatable bonds is 9. The summed E-state index contributed by atoms with van der Waals surface area (Å²) in [5.41, 5.74) is 0.483. The maximum Gasteiger partial charge on any atom is 0.387 e. The van der Waals surface area contributed by atoms with Crippen LogP contribution < -0.4 is 15.4 Å². The third-order valence-electron chi connectivity index (χ3n) is 3.39. The average Bonchev–Trinajstić information content (AvgIpc) is 3.33. The fourth-order valence-corrected chi connectivity index (χ4v) is 3.96. The van der Waals surface area contributed by atoms with Gasteiger partial charge < -0.3 is 19.8 Å². The molecule has 148 valence electrons. The van der Waals surface area contributed by atoms with E-state index in [4.69, 9.17) is 4.42 Å². The Morgan fingerprint density at radius 2 is 2.07 bits per heavy atom. The van der Waals surface area contributed by atoms with Crippen LogP contribution in [-0.4, -0.2) is 28.0 Å². The van der Waals surface area contributed by atoms with Gasteiger partial charge in [-0.3, -0.25) is 4.79 Å². The highest BCUT2D eigenvalue weighted by atomic mass is 32.2. The van der Waals surface area contributed by atoms with Crippen LogP contribution in [0.25, 0.3) is 0 Å². The quantitative estimate of drug-likeness (QED) is 0.488. The molecule has 1 aromatic carbocycles. The molecule has 1 amide bonds. The summed E-state index contributed by atoms with van der Waals surface area (Å²) in [6, 6.07) is 9.37. The van der Waals surface area contributed by atoms with Gasteiger partial charge in [-0.2, -0.15) is 8.78 Å². The van der Waals surface area contributed by atoms with Gasteiger partial charge in [0.1, 0.15) is 11.5 Å². The lowest BCUT2D eigenvalue weighted by Gasteiger charge is -2.11. The van der Waals surface area contributed by atoms with Crippen molar-refractivity contribution in [3.63, 3.8) is 0 Å². The first-order valence-electron chi connectivity index (χ1n) is 8.12. The molecule has 0 spiro atoms. The number of hydrogen-bond acceptors (Lipinski definition) is 8. The maximum atomic E-state index is 12.3. The normalized spacial score (nSPS) is 12.0. The zero-order valence-corrected chi connectivity index (χ0v) is 16.2. The third kappa shape index (κ3) is 5.92. The molecule has 0 bridgehead atoms. The van der Waals surface area contributed by atoms with E-state index < -0.39 is 11.9 Å². The van der Waals surface area contributed by atoms with Crippen LogP contribution in [0, 0.1) is 0 Å². The van der Waals surface area contributed by atoms with Crippen molar-refractivity contribution >= 4 is 39.8 Å². The second-order valence-corrected chi connectivity index (χ2v) is 8.02. The lowest BCUT2D eigenvalue weighted by Crippen LogP contribution is -2.22. The highest BCUT2D eigenvalue weighted by Gasteiger charge is 2.17. The van der Waals surface area contributed by atoms with E-state index in [2.05, 4.69) is 25.6 Å². The number of carbonyl (C=O) groups is 1. The third-order valence-corrected chi connectivity index (χ3v) is 5.46. The summed E-state index contributed by atoms with van der Waals surface area (Å²) in [6.07, 6.45) is 1.60. The summed E-state index contributed by atoms with van der Waals surface area (Å²) >= 11 is 2.61. The van der Waals surface area contributed by atoms with Crippen molar-refractivity contribution in [2.45, 2.75) is 29.7 Å². The van der Waals surface area contributed by atoms with Crippen LogP contribution in [0.5, 0.6) is 5.75 Å². The summed E-state index contributed by atoms with van der Waals surface area (Å²) in [5, 5.41) is 14.1. The van der Waals surface area contributed by atoms with Crippen molar-refractivity contribution < 1.29 is 22.7 Å². The maximum absolute atomic E-state index is 12.3. The van der Waals surface area contributed by atoms with Gasteiger partial charge in [0, 0.05) is 5.69 Å². The predicted molar refractivity (Wildman–Crippen MR) is 103 cm³/mol. The Balaban J connectivity index is 1.48. The van der Waals surface area contributed by atoms with Crippen molar-refractivity contribution in [2.24, 2.45) is 0 Å². The molecule has 0 aliphatic heterocycles. The lowest BCUT2D eigenvalue weighted by atomic mass is 10.3. The Morgan fingerprint density at radius 1 is 1.29 bits per heavy atom. The molecule has 1 atom stereocenters. The molecule has 3 rings (SSSR count). The first kappa shape index (κ1) is 20.1. The molecular weight excluding hydrogens is 410 g/mol. The number of halogens is 2. The molecule has 28 heavy (non-hydrogen) atoms. The number of alkyl halides is 2. The standard InChI is InChI=1S/C17H16F2N4O3S2/c1-10(14(24)21-11-4-6-12(7-5-11)26-15(18)19)27-17-23-22-16(28-17)20-9-13-3-2-8-25-13/h2-8,10,15H,9H2,1H3,(H,20,22)(H,21,24)/t10-/m1/s1. The lowest BCUT2D eigenvalue weighted by molar-refractivity contribution is -0.115. The number of ether oxygens (including phenoxy) is 1. The van der Waals surface area contributed by atoms with Gasteiger partial charge in [-0.25, -0.2) is 0 Å². The molecule has 2 N–H and O–H groups in total. The number of thioether (sulfide) groups is 1. The summed E-state index contributed by atoms with van der Waals surface area (Å²) in [7, 11) is 0. The van der Waals surface area contributed by atoms with E-state index >= 15 is 0 Å². The highest BCUT2D eigenvalue weighted by Crippen LogP contribution is 2.30. The Labute approximate surface area is 167 Å². The van der Waals surface area contributed by atoms with Crippen LogP contribution in [0.4, 0.5) is 19.6 Å². The molecule has 2 heterocycles. The highest BCUT2D eigenvalue weighted by molar-refractivity contribution is 8.02. The molecular formula is C17H16F2N4O3S2. The first-order chi connectivity index (χ1) is 13.5. The molecule has 3 aromatic rings. The monoisotopic (exact) mass is 426 g/mol. The number of benzene rings is 1. The smallest absolute Gasteiger partial charge is 0.387 e. The largest absolute Gasteiger partial charge is 0.467 e. The zero-order valence-electron chi connectivity index (χ0n) is 14.6. The number of anilines is 2. The topological polar surface area (TPSA) is 89.3 Å². The first-order valence-corrected chi connectivity index (χ1v) is 9.81. The predicted octanol–water partition coefficient (Wildman–Crippen LogP) is 4.46. The van der Waals surface area contributed by atoms with Gasteiger partial charge in [-0.15, -0.1) is 10.2 Å². The Kier molecular flexibility index (Phi) is 6.82. The zero-order chi connectivity index (χ0) is 19.9. The van der Waals surface area contributed by atoms with Crippen molar-refractivity contribution in [2.75, 3.05) is 10.6 Å². The van der Waals surface area contributed by atoms with E-state index in [1.54, 1.807) is 19.3 Å². The fraction of sp³-hybridized carbons (Fsp3) is 0.235. The van der Waals surface area contributed by atoms with Crippen molar-refractivity contribution in [3.05, 3.63) is 48.4 Å². The van der Waals surface area contributed by atoms with Gasteiger partial charge in [0.05, 0.1) is 18.1 Å². The van der Waals surface area contributed by atoms with Crippen LogP contribution in [0.1, 0.15) is 12.7 Å². The average molecular weight is 426 g/mol. The summed E-state index contributed by atoms with van der Waals surface area (Å²) in [6.45, 7) is -0.651. The van der Waals surface area contributed by atoms with Gasteiger partial charge in [-0.1, -0.05) is 23.1 Å². The molecule has 0 unspecified atom stereocenters. The van der Waals surface area contributed by atoms with Crippen LogP contribution in [0.3, 0.4) is 0 Å². The summed E-state index contributed by atoms with van der Waals surface area (Å²) in [4.78, 5) is 12.3. The molecule has 0 saturated heterocycles. The minimum Gasteiger partial charge on any atom is -0.467 e. The minimum atomic E-state index is -2.89. The van der Waals surface area contributed by atoms with E-state index in [1.807, 2.05) is 6.07 Å². The Bertz CT molecular complexity index is 888. The molecule has 0 radical (unpaired) electrons. The van der Waals surface area contributed by atoms with Gasteiger partial charge in [0.2, 0.25) is 11.0 Å². The van der Waals surface area contributed by atoms with E-state index in [-0.39, 0.29) is 11.7 Å². The van der Waals surface area contributed by atoms with Gasteiger partial charge in [0.25, 0.3) is 0 Å².